The highest BCUT2D eigenvalue weighted by Crippen LogP contribution is 2.22. The zero-order valence-corrected chi connectivity index (χ0v) is 17.4. The summed E-state index contributed by atoms with van der Waals surface area (Å²) >= 11 is 0. The number of aryl methyl sites for hydroxylation is 1. The molecule has 1 amide bonds. The van der Waals surface area contributed by atoms with E-state index in [1.807, 2.05) is 0 Å². The fourth-order valence-electron chi connectivity index (χ4n) is 3.14. The Bertz CT molecular complexity index is 1190. The van der Waals surface area contributed by atoms with E-state index in [0.717, 1.165) is 4.68 Å². The molecule has 3 rings (SSSR count). The SMILES string of the molecule is Cc1nn(CC(=O)OCC(=O)Nc2ccccc2C(=O)c2ccccc2)c(C)c1[N+](=O)[O-]. The van der Waals surface area contributed by atoms with Crippen LogP contribution in [0.5, 0.6) is 0 Å². The van der Waals surface area contributed by atoms with Gasteiger partial charge in [0.2, 0.25) is 0 Å². The molecule has 164 valence electrons. The maximum Gasteiger partial charge on any atom is 0.328 e. The number of amides is 1. The molecule has 10 nitrogen and oxygen atoms in total. The van der Waals surface area contributed by atoms with E-state index in [4.69, 9.17) is 4.74 Å². The summed E-state index contributed by atoms with van der Waals surface area (Å²) < 4.78 is 6.12. The van der Waals surface area contributed by atoms with Gasteiger partial charge in [-0.25, -0.2) is 0 Å². The summed E-state index contributed by atoms with van der Waals surface area (Å²) in [5.74, 6) is -1.68. The summed E-state index contributed by atoms with van der Waals surface area (Å²) in [7, 11) is 0. The van der Waals surface area contributed by atoms with Gasteiger partial charge >= 0.3 is 11.7 Å². The minimum absolute atomic E-state index is 0.171. The van der Waals surface area contributed by atoms with Crippen LogP contribution in [0.3, 0.4) is 0 Å². The van der Waals surface area contributed by atoms with E-state index in [2.05, 4.69) is 10.4 Å². The molecule has 0 fully saturated rings. The number of carbonyl (C=O) groups is 3. The monoisotopic (exact) mass is 436 g/mol. The molecule has 32 heavy (non-hydrogen) atoms. The number of nitrogens with zero attached hydrogens (tertiary/aromatic N) is 3. The van der Waals surface area contributed by atoms with Gasteiger partial charge < -0.3 is 10.1 Å². The Morgan fingerprint density at radius 2 is 1.72 bits per heavy atom. The van der Waals surface area contributed by atoms with E-state index in [-0.39, 0.29) is 35.1 Å². The molecule has 1 aromatic heterocycles. The van der Waals surface area contributed by atoms with Crippen LogP contribution >= 0.6 is 0 Å². The number of ether oxygens (including phenoxy) is 1. The van der Waals surface area contributed by atoms with E-state index < -0.39 is 23.4 Å². The summed E-state index contributed by atoms with van der Waals surface area (Å²) in [6.45, 7) is 1.97. The summed E-state index contributed by atoms with van der Waals surface area (Å²) in [6.07, 6.45) is 0. The van der Waals surface area contributed by atoms with Crippen molar-refractivity contribution in [3.8, 4) is 0 Å². The van der Waals surface area contributed by atoms with E-state index in [0.29, 0.717) is 11.1 Å². The van der Waals surface area contributed by atoms with Gasteiger partial charge in [-0.15, -0.1) is 0 Å². The second-order valence-electron chi connectivity index (χ2n) is 6.88. The van der Waals surface area contributed by atoms with Gasteiger partial charge in [-0.2, -0.15) is 5.10 Å². The standard InChI is InChI=1S/C22H20N4O6/c1-14-21(26(30)31)15(2)25(24-14)12-20(28)32-13-19(27)23-18-11-7-6-10-17(18)22(29)16-8-4-3-5-9-16/h3-11H,12-13H2,1-2H3,(H,23,27). The van der Waals surface area contributed by atoms with Crippen LogP contribution in [0, 0.1) is 24.0 Å². The Balaban J connectivity index is 1.61. The van der Waals surface area contributed by atoms with Gasteiger partial charge in [-0.05, 0) is 26.0 Å². The number of hydrogen-bond acceptors (Lipinski definition) is 7. The molecule has 0 aliphatic heterocycles. The average Bonchev–Trinajstić information content (AvgIpc) is 3.05. The molecule has 0 aliphatic carbocycles. The van der Waals surface area contributed by atoms with Crippen LogP contribution in [0.15, 0.2) is 54.6 Å². The Morgan fingerprint density at radius 1 is 1.06 bits per heavy atom. The van der Waals surface area contributed by atoms with Crippen LogP contribution in [-0.2, 0) is 20.9 Å². The number of aromatic nitrogens is 2. The van der Waals surface area contributed by atoms with Crippen LogP contribution in [0.25, 0.3) is 0 Å². The second kappa shape index (κ2) is 9.65. The number of anilines is 1. The third-order valence-electron chi connectivity index (χ3n) is 4.65. The van der Waals surface area contributed by atoms with E-state index in [9.17, 15) is 24.5 Å². The van der Waals surface area contributed by atoms with Gasteiger partial charge in [-0.3, -0.25) is 29.2 Å². The number of para-hydroxylation sites is 1. The zero-order valence-electron chi connectivity index (χ0n) is 17.4. The molecule has 1 N–H and O–H groups in total. The van der Waals surface area contributed by atoms with Gasteiger partial charge in [0, 0.05) is 11.1 Å². The second-order valence-corrected chi connectivity index (χ2v) is 6.88. The number of rotatable bonds is 8. The first-order chi connectivity index (χ1) is 15.3. The fourth-order valence-corrected chi connectivity index (χ4v) is 3.14. The summed E-state index contributed by atoms with van der Waals surface area (Å²) in [5.41, 5.74) is 1.28. The first-order valence-corrected chi connectivity index (χ1v) is 9.60. The molecular weight excluding hydrogens is 416 g/mol. The van der Waals surface area contributed by atoms with Crippen molar-refractivity contribution in [2.45, 2.75) is 20.4 Å². The molecule has 0 unspecified atom stereocenters. The lowest BCUT2D eigenvalue weighted by molar-refractivity contribution is -0.386. The molecule has 0 aliphatic rings. The van der Waals surface area contributed by atoms with Gasteiger partial charge in [0.15, 0.2) is 12.4 Å². The van der Waals surface area contributed by atoms with Crippen molar-refractivity contribution in [2.24, 2.45) is 0 Å². The fraction of sp³-hybridized carbons (Fsp3) is 0.182. The number of hydrogen-bond donors (Lipinski definition) is 1. The van der Waals surface area contributed by atoms with Crippen molar-refractivity contribution < 1.29 is 24.0 Å². The normalized spacial score (nSPS) is 10.4. The van der Waals surface area contributed by atoms with Crippen molar-refractivity contribution in [3.63, 3.8) is 0 Å². The Morgan fingerprint density at radius 3 is 2.38 bits per heavy atom. The quantitative estimate of drug-likeness (QED) is 0.248. The van der Waals surface area contributed by atoms with E-state index in [1.54, 1.807) is 54.6 Å². The molecule has 10 heteroatoms. The maximum absolute atomic E-state index is 12.7. The highest BCUT2D eigenvalue weighted by molar-refractivity contribution is 6.13. The van der Waals surface area contributed by atoms with Gasteiger partial charge in [-0.1, -0.05) is 42.5 Å². The highest BCUT2D eigenvalue weighted by atomic mass is 16.6. The molecule has 0 radical (unpaired) electrons. The zero-order chi connectivity index (χ0) is 23.3. The van der Waals surface area contributed by atoms with Crippen molar-refractivity contribution >= 4 is 29.0 Å². The Hall–Kier alpha value is -4.34. The molecular formula is C22H20N4O6. The topological polar surface area (TPSA) is 133 Å². The maximum atomic E-state index is 12.7. The van der Waals surface area contributed by atoms with Crippen molar-refractivity contribution in [1.82, 2.24) is 9.78 Å². The smallest absolute Gasteiger partial charge is 0.328 e. The van der Waals surface area contributed by atoms with E-state index in [1.165, 1.54) is 13.8 Å². The summed E-state index contributed by atoms with van der Waals surface area (Å²) in [4.78, 5) is 47.6. The lowest BCUT2D eigenvalue weighted by Gasteiger charge is -2.11. The van der Waals surface area contributed by atoms with Crippen LogP contribution < -0.4 is 5.32 Å². The first kappa shape index (κ1) is 22.3. The molecule has 0 saturated heterocycles. The predicted molar refractivity (Wildman–Crippen MR) is 114 cm³/mol. The van der Waals surface area contributed by atoms with Crippen LogP contribution in [0.2, 0.25) is 0 Å². The van der Waals surface area contributed by atoms with Gasteiger partial charge in [0.05, 0.1) is 10.6 Å². The van der Waals surface area contributed by atoms with Crippen LogP contribution in [-0.4, -0.2) is 39.0 Å². The summed E-state index contributed by atoms with van der Waals surface area (Å²) in [5, 5.41) is 17.6. The summed E-state index contributed by atoms with van der Waals surface area (Å²) in [6, 6.07) is 15.1. The number of carbonyl (C=O) groups excluding carboxylic acids is 3. The molecule has 0 spiro atoms. The Kier molecular flexibility index (Phi) is 6.74. The first-order valence-electron chi connectivity index (χ1n) is 9.60. The van der Waals surface area contributed by atoms with Crippen molar-refractivity contribution in [3.05, 3.63) is 87.2 Å². The van der Waals surface area contributed by atoms with Crippen LogP contribution in [0.4, 0.5) is 11.4 Å². The number of benzene rings is 2. The molecule has 1 heterocycles. The Labute approximate surface area is 183 Å². The molecule has 3 aromatic rings. The highest BCUT2D eigenvalue weighted by Gasteiger charge is 2.23. The van der Waals surface area contributed by atoms with Crippen molar-refractivity contribution in [2.75, 3.05) is 11.9 Å². The third-order valence-corrected chi connectivity index (χ3v) is 4.65. The molecule has 0 bridgehead atoms. The number of nitrogens with one attached hydrogen (secondary N) is 1. The van der Waals surface area contributed by atoms with Gasteiger partial charge in [0.25, 0.3) is 5.91 Å². The minimum Gasteiger partial charge on any atom is -0.454 e. The van der Waals surface area contributed by atoms with Gasteiger partial charge in [0.1, 0.15) is 17.9 Å². The number of ketones is 1. The van der Waals surface area contributed by atoms with Crippen molar-refractivity contribution in [1.29, 1.82) is 0 Å². The third kappa shape index (κ3) is 5.04. The lowest BCUT2D eigenvalue weighted by atomic mass is 10.0. The van der Waals surface area contributed by atoms with E-state index >= 15 is 0 Å². The largest absolute Gasteiger partial charge is 0.454 e. The minimum atomic E-state index is -0.783. The number of nitro groups is 1. The van der Waals surface area contributed by atoms with Crippen LogP contribution in [0.1, 0.15) is 27.3 Å². The lowest BCUT2D eigenvalue weighted by Crippen LogP contribution is -2.24. The molecule has 0 saturated carbocycles. The molecule has 0 atom stereocenters. The predicted octanol–water partition coefficient (Wildman–Crippen LogP) is 2.82. The molecule has 2 aromatic carbocycles. The number of esters is 1. The average molecular weight is 436 g/mol.